The average molecular weight is 1190 g/mol. The number of hydrogen-bond acceptors (Lipinski definition) is 18. The highest BCUT2D eigenvalue weighted by molar-refractivity contribution is 5.90. The molecule has 4 saturated heterocycles. The Labute approximate surface area is 501 Å². The van der Waals surface area contributed by atoms with Crippen LogP contribution in [0.4, 0.5) is 0 Å². The minimum absolute atomic E-state index is 0.000699. The highest BCUT2D eigenvalue weighted by Crippen LogP contribution is 2.42. The van der Waals surface area contributed by atoms with Gasteiger partial charge < -0.3 is 56.8 Å². The molecule has 4 fully saturated rings. The molecule has 26 heteroatoms. The smallest absolute Gasteiger partial charge is 0.338 e. The van der Waals surface area contributed by atoms with E-state index in [-0.39, 0.29) is 43.9 Å². The summed E-state index contributed by atoms with van der Waals surface area (Å²) in [4.78, 5) is 41.0. The van der Waals surface area contributed by atoms with Crippen LogP contribution in [0.15, 0.2) is 172 Å². The number of esters is 2. The van der Waals surface area contributed by atoms with Gasteiger partial charge in [0.25, 0.3) is 0 Å². The first-order valence-electron chi connectivity index (χ1n) is 28.5. The minimum Gasteiger partial charge on any atom is -0.454 e. The Bertz CT molecular complexity index is 3240. The third-order valence-electron chi connectivity index (χ3n) is 15.5. The molecule has 0 aliphatic carbocycles. The van der Waals surface area contributed by atoms with Gasteiger partial charge in [0.2, 0.25) is 0 Å². The standard InChI is InChI=1S/C61H68N12O14/c1-36-46(67-71-63)51(77-33-41-23-13-7-14-24-41)49(39(4)79-36)84-58-54(78-34-42-25-15-8-16-26-42)52(47(68-72-64)37(2)80-58)86-60-50(45(31-61(5,87-60)35-66-70-62)76-32-40-21-11-6-12-22-40)85-59-55(83-57(75)44-29-19-10-20-30-44)53(48(69-73-65)38(3)81-59)82-56(74)43-27-17-9-18-28-43/h6-30,36-39,45-55,58-60H,31-35H2,1-5H3/t36?,37?,38?,39-,45?,46?,47?,48?,49?,50?,51?,52?,53?,54?,55?,58-,59-,60+,61?/m1/s1. The maximum Gasteiger partial charge on any atom is 0.338 e. The van der Waals surface area contributed by atoms with E-state index in [4.69, 9.17) is 56.8 Å². The zero-order valence-corrected chi connectivity index (χ0v) is 48.4. The van der Waals surface area contributed by atoms with Crippen molar-refractivity contribution in [1.29, 1.82) is 0 Å². The third-order valence-corrected chi connectivity index (χ3v) is 15.5. The van der Waals surface area contributed by atoms with Crippen molar-refractivity contribution in [1.82, 2.24) is 0 Å². The number of benzene rings is 5. The Kier molecular flexibility index (Phi) is 22.2. The molecule has 4 aliphatic rings. The molecule has 0 aromatic heterocycles. The van der Waals surface area contributed by atoms with Gasteiger partial charge in [-0.1, -0.05) is 148 Å². The second kappa shape index (κ2) is 30.5. The largest absolute Gasteiger partial charge is 0.454 e. The molecular weight excluding hydrogens is 1120 g/mol. The van der Waals surface area contributed by atoms with Crippen LogP contribution in [0.25, 0.3) is 41.8 Å². The second-order valence-corrected chi connectivity index (χ2v) is 21.7. The lowest BCUT2D eigenvalue weighted by Gasteiger charge is -2.52. The fraction of sp³-hybridized carbons (Fsp3) is 0.475. The Morgan fingerprint density at radius 2 is 0.862 bits per heavy atom. The van der Waals surface area contributed by atoms with Gasteiger partial charge in [0.1, 0.15) is 30.5 Å². The molecule has 26 nitrogen and oxygen atoms in total. The van der Waals surface area contributed by atoms with Crippen LogP contribution in [0, 0.1) is 0 Å². The normalized spacial score (nSPS) is 32.1. The topological polar surface area (TPSA) is 340 Å². The van der Waals surface area contributed by atoms with Crippen LogP contribution in [-0.4, -0.2) is 134 Å². The molecule has 0 amide bonds. The summed E-state index contributed by atoms with van der Waals surface area (Å²) in [5.41, 5.74) is 41.2. The second-order valence-electron chi connectivity index (χ2n) is 21.7. The van der Waals surface area contributed by atoms with Gasteiger partial charge in [-0.15, -0.1) is 0 Å². The SMILES string of the molecule is CC1O[C@H](OC2C(OCc3ccccc3)CC(C)(CN=[N+]=[N-])O[C@@H]2OC2C(N=[N+]=[N-])C(C)O[C@H](OC3C(OCc4ccccc4)C(N=[N+]=[N-])C(C)O[C@@H]3C)C2OCc2ccccc2)C(OC(=O)c2ccccc2)C(OC(=O)c2ccccc2)C1N=[N+]=[N-]. The summed E-state index contributed by atoms with van der Waals surface area (Å²) in [6.45, 7) is 8.33. The first-order chi connectivity index (χ1) is 42.3. The highest BCUT2D eigenvalue weighted by atomic mass is 16.8. The lowest BCUT2D eigenvalue weighted by molar-refractivity contribution is -0.383. The molecule has 0 N–H and O–H groups in total. The van der Waals surface area contributed by atoms with Gasteiger partial charge in [0, 0.05) is 26.1 Å². The van der Waals surface area contributed by atoms with Gasteiger partial charge in [-0.05, 0) is 97.7 Å². The molecule has 4 aliphatic heterocycles. The van der Waals surface area contributed by atoms with Crippen LogP contribution in [0.2, 0.25) is 0 Å². The molecular formula is C61H68N12O14. The van der Waals surface area contributed by atoms with Gasteiger partial charge >= 0.3 is 11.9 Å². The van der Waals surface area contributed by atoms with Crippen LogP contribution < -0.4 is 0 Å². The lowest BCUT2D eigenvalue weighted by Crippen LogP contribution is -2.66. The molecule has 87 heavy (non-hydrogen) atoms. The maximum atomic E-state index is 14.3. The van der Waals surface area contributed by atoms with Crippen LogP contribution in [0.3, 0.4) is 0 Å². The maximum absolute atomic E-state index is 14.3. The van der Waals surface area contributed by atoms with Crippen molar-refractivity contribution in [3.8, 4) is 0 Å². The number of rotatable bonds is 24. The van der Waals surface area contributed by atoms with Gasteiger partial charge in [-0.2, -0.15) is 0 Å². The molecule has 0 saturated carbocycles. The van der Waals surface area contributed by atoms with Crippen LogP contribution in [0.1, 0.15) is 78.4 Å². The summed E-state index contributed by atoms with van der Waals surface area (Å²) >= 11 is 0. The molecule has 5 aromatic rings. The zero-order chi connectivity index (χ0) is 61.3. The third kappa shape index (κ3) is 16.1. The summed E-state index contributed by atoms with van der Waals surface area (Å²) in [7, 11) is 0. The van der Waals surface area contributed by atoms with E-state index in [1.807, 2.05) is 91.0 Å². The van der Waals surface area contributed by atoms with E-state index < -0.39 is 128 Å². The summed E-state index contributed by atoms with van der Waals surface area (Å²) in [6, 6.07) is 40.7. The van der Waals surface area contributed by atoms with E-state index in [0.717, 1.165) is 16.7 Å². The predicted molar refractivity (Wildman–Crippen MR) is 310 cm³/mol. The quantitative estimate of drug-likeness (QED) is 0.0240. The van der Waals surface area contributed by atoms with Gasteiger partial charge in [-0.25, -0.2) is 9.59 Å². The van der Waals surface area contributed by atoms with Crippen molar-refractivity contribution in [3.05, 3.63) is 221 Å². The first kappa shape index (κ1) is 63.4. The van der Waals surface area contributed by atoms with E-state index in [1.54, 1.807) is 71.0 Å². The Morgan fingerprint density at radius 3 is 1.36 bits per heavy atom. The fourth-order valence-electron chi connectivity index (χ4n) is 11.2. The molecule has 0 bridgehead atoms. The van der Waals surface area contributed by atoms with Crippen molar-refractivity contribution in [2.24, 2.45) is 20.5 Å². The molecule has 4 heterocycles. The number of ether oxygens (including phenoxy) is 12. The van der Waals surface area contributed by atoms with Crippen LogP contribution in [0.5, 0.6) is 0 Å². The van der Waals surface area contributed by atoms with E-state index in [2.05, 4.69) is 40.1 Å². The van der Waals surface area contributed by atoms with Crippen molar-refractivity contribution in [2.45, 2.75) is 177 Å². The molecule has 15 unspecified atom stereocenters. The van der Waals surface area contributed by atoms with Gasteiger partial charge in [-0.3, -0.25) is 0 Å². The van der Waals surface area contributed by atoms with Crippen molar-refractivity contribution in [2.75, 3.05) is 6.54 Å². The van der Waals surface area contributed by atoms with E-state index in [1.165, 1.54) is 24.3 Å². The van der Waals surface area contributed by atoms with Gasteiger partial charge in [0.15, 0.2) is 31.1 Å². The molecule has 0 radical (unpaired) electrons. The fourth-order valence-corrected chi connectivity index (χ4v) is 11.2. The number of hydrogen-bond donors (Lipinski definition) is 0. The summed E-state index contributed by atoms with van der Waals surface area (Å²) in [5.74, 6) is -1.71. The van der Waals surface area contributed by atoms with E-state index in [9.17, 15) is 31.7 Å². The monoisotopic (exact) mass is 1190 g/mol. The van der Waals surface area contributed by atoms with Crippen LogP contribution >= 0.6 is 0 Å². The Morgan fingerprint density at radius 1 is 0.460 bits per heavy atom. The van der Waals surface area contributed by atoms with Crippen molar-refractivity contribution in [3.63, 3.8) is 0 Å². The number of azide groups is 4. The molecule has 456 valence electrons. The van der Waals surface area contributed by atoms with Crippen LogP contribution in [-0.2, 0) is 76.7 Å². The first-order valence-corrected chi connectivity index (χ1v) is 28.5. The average Bonchev–Trinajstić information content (AvgIpc) is 3.00. The Hall–Kier alpha value is -8.12. The Balaban J connectivity index is 1.15. The zero-order valence-electron chi connectivity index (χ0n) is 48.4. The summed E-state index contributed by atoms with van der Waals surface area (Å²) in [5, 5.41) is 16.3. The van der Waals surface area contributed by atoms with Crippen molar-refractivity contribution >= 4 is 11.9 Å². The number of carbonyl (C=O) groups excluding carboxylic acids is 2. The molecule has 9 rings (SSSR count). The van der Waals surface area contributed by atoms with Gasteiger partial charge in [0.05, 0.1) is 91.8 Å². The molecule has 5 aromatic carbocycles. The lowest BCUT2D eigenvalue weighted by atomic mass is 9.90. The highest BCUT2D eigenvalue weighted by Gasteiger charge is 2.57. The number of carbonyl (C=O) groups is 2. The molecule has 0 spiro atoms. The summed E-state index contributed by atoms with van der Waals surface area (Å²) in [6.07, 6.45) is -18.5. The van der Waals surface area contributed by atoms with E-state index >= 15 is 0 Å². The summed E-state index contributed by atoms with van der Waals surface area (Å²) < 4.78 is 81.0. The minimum atomic E-state index is -1.69. The van der Waals surface area contributed by atoms with Crippen molar-refractivity contribution < 1.29 is 66.4 Å². The molecule has 19 atom stereocenters. The predicted octanol–water partition coefficient (Wildman–Crippen LogP) is 11.5. The van der Waals surface area contributed by atoms with E-state index in [0.29, 0.717) is 0 Å². The number of nitrogens with zero attached hydrogens (tertiary/aromatic N) is 12.